The number of hydrogen-bond donors (Lipinski definition) is 1. The molecule has 2 aliphatic carbocycles. The molecule has 2 nitrogen and oxygen atoms in total. The maximum Gasteiger partial charge on any atom is 0.0863 e. The van der Waals surface area contributed by atoms with E-state index in [9.17, 15) is 10.4 Å². The van der Waals surface area contributed by atoms with Crippen LogP contribution in [-0.4, -0.2) is 10.7 Å². The van der Waals surface area contributed by atoms with Crippen LogP contribution < -0.4 is 0 Å². The van der Waals surface area contributed by atoms with Crippen LogP contribution in [0.15, 0.2) is 0 Å². The summed E-state index contributed by atoms with van der Waals surface area (Å²) in [5.74, 6) is 1.08. The second-order valence-corrected chi connectivity index (χ2v) is 8.28. The quantitative estimate of drug-likeness (QED) is 0.767. The molecule has 0 bridgehead atoms. The van der Waals surface area contributed by atoms with Gasteiger partial charge in [-0.05, 0) is 49.4 Å². The summed E-state index contributed by atoms with van der Waals surface area (Å²) < 4.78 is 0. The van der Waals surface area contributed by atoms with Gasteiger partial charge in [-0.1, -0.05) is 40.5 Å². The van der Waals surface area contributed by atoms with Crippen LogP contribution in [0.5, 0.6) is 0 Å². The molecule has 108 valence electrons. The molecule has 4 unspecified atom stereocenters. The molecule has 2 fully saturated rings. The Bertz CT molecular complexity index is 383. The molecule has 0 radical (unpaired) electrons. The van der Waals surface area contributed by atoms with Gasteiger partial charge in [-0.15, -0.1) is 0 Å². The molecule has 2 rings (SSSR count). The zero-order chi connectivity index (χ0) is 14.3. The molecule has 0 heterocycles. The average molecular weight is 263 g/mol. The lowest BCUT2D eigenvalue weighted by molar-refractivity contribution is -0.141. The molecule has 0 amide bonds. The number of nitrogens with zero attached hydrogens (tertiary/aromatic N) is 1. The lowest BCUT2D eigenvalue weighted by atomic mass is 9.52. The SMILES string of the molecule is CC1CC(C)(C)CC(O)(C2(C#N)CCCC(C)C2)C1. The Morgan fingerprint density at radius 2 is 1.79 bits per heavy atom. The van der Waals surface area contributed by atoms with E-state index in [0.29, 0.717) is 11.8 Å². The molecule has 0 aromatic carbocycles. The third-order valence-electron chi connectivity index (χ3n) is 5.46. The predicted octanol–water partition coefficient (Wildman–Crippen LogP) is 4.28. The maximum atomic E-state index is 11.3. The minimum absolute atomic E-state index is 0.150. The van der Waals surface area contributed by atoms with Crippen molar-refractivity contribution in [3.05, 3.63) is 0 Å². The zero-order valence-electron chi connectivity index (χ0n) is 13.0. The van der Waals surface area contributed by atoms with E-state index in [1.807, 2.05) is 0 Å². The number of aliphatic hydroxyl groups is 1. The standard InChI is InChI=1S/C17H29NO/c1-13-6-5-7-16(9-13,12-18)17(19)10-14(2)8-15(3,4)11-17/h13-14,19H,5-11H2,1-4H3. The fraction of sp³-hybridized carbons (Fsp3) is 0.941. The van der Waals surface area contributed by atoms with Gasteiger partial charge in [0.25, 0.3) is 0 Å². The van der Waals surface area contributed by atoms with Crippen LogP contribution in [-0.2, 0) is 0 Å². The topological polar surface area (TPSA) is 44.0 Å². The minimum Gasteiger partial charge on any atom is -0.388 e. The molecule has 2 heteroatoms. The van der Waals surface area contributed by atoms with Gasteiger partial charge < -0.3 is 5.11 Å². The third kappa shape index (κ3) is 2.68. The molecule has 0 aliphatic heterocycles. The Hall–Kier alpha value is -0.550. The van der Waals surface area contributed by atoms with Gasteiger partial charge in [0.05, 0.1) is 17.1 Å². The fourth-order valence-electron chi connectivity index (χ4n) is 5.07. The minimum atomic E-state index is -0.780. The highest BCUT2D eigenvalue weighted by atomic mass is 16.3. The van der Waals surface area contributed by atoms with Crippen molar-refractivity contribution in [2.24, 2.45) is 22.7 Å². The first kappa shape index (κ1) is 14.9. The van der Waals surface area contributed by atoms with Crippen LogP contribution in [0.2, 0.25) is 0 Å². The highest BCUT2D eigenvalue weighted by Gasteiger charge is 2.56. The Balaban J connectivity index is 2.33. The van der Waals surface area contributed by atoms with Crippen LogP contribution in [0.1, 0.15) is 72.6 Å². The maximum absolute atomic E-state index is 11.3. The first-order valence-corrected chi connectivity index (χ1v) is 7.86. The molecule has 0 aromatic heterocycles. The second-order valence-electron chi connectivity index (χ2n) is 8.28. The predicted molar refractivity (Wildman–Crippen MR) is 77.4 cm³/mol. The van der Waals surface area contributed by atoms with Crippen molar-refractivity contribution in [1.29, 1.82) is 5.26 Å². The van der Waals surface area contributed by atoms with Crippen LogP contribution in [0.4, 0.5) is 0 Å². The largest absolute Gasteiger partial charge is 0.388 e. The normalized spacial score (nSPS) is 46.5. The van der Waals surface area contributed by atoms with Crippen molar-refractivity contribution in [3.63, 3.8) is 0 Å². The smallest absolute Gasteiger partial charge is 0.0863 e. The highest BCUT2D eigenvalue weighted by molar-refractivity contribution is 5.15. The lowest BCUT2D eigenvalue weighted by Crippen LogP contribution is -2.55. The van der Waals surface area contributed by atoms with Crippen molar-refractivity contribution >= 4 is 0 Å². The van der Waals surface area contributed by atoms with E-state index in [0.717, 1.165) is 38.5 Å². The first-order chi connectivity index (χ1) is 8.72. The van der Waals surface area contributed by atoms with E-state index < -0.39 is 11.0 Å². The van der Waals surface area contributed by atoms with Gasteiger partial charge in [-0.2, -0.15) is 5.26 Å². The second kappa shape index (κ2) is 4.77. The number of hydrogen-bond acceptors (Lipinski definition) is 2. The van der Waals surface area contributed by atoms with Crippen molar-refractivity contribution in [2.75, 3.05) is 0 Å². The van der Waals surface area contributed by atoms with E-state index in [1.165, 1.54) is 6.42 Å². The summed E-state index contributed by atoms with van der Waals surface area (Å²) in [5.41, 5.74) is -1.13. The van der Waals surface area contributed by atoms with E-state index in [4.69, 9.17) is 0 Å². The highest BCUT2D eigenvalue weighted by Crippen LogP contribution is 2.56. The molecule has 0 spiro atoms. The third-order valence-corrected chi connectivity index (χ3v) is 5.46. The van der Waals surface area contributed by atoms with Crippen molar-refractivity contribution < 1.29 is 5.11 Å². The summed E-state index contributed by atoms with van der Waals surface area (Å²) in [6.07, 6.45) is 6.80. The van der Waals surface area contributed by atoms with Gasteiger partial charge >= 0.3 is 0 Å². The average Bonchev–Trinajstić information content (AvgIpc) is 2.25. The van der Waals surface area contributed by atoms with Crippen molar-refractivity contribution in [1.82, 2.24) is 0 Å². The van der Waals surface area contributed by atoms with Gasteiger partial charge in [0, 0.05) is 0 Å². The molecule has 2 saturated carbocycles. The summed E-state index contributed by atoms with van der Waals surface area (Å²) in [7, 11) is 0. The van der Waals surface area contributed by atoms with Crippen LogP contribution in [0.3, 0.4) is 0 Å². The fourth-order valence-corrected chi connectivity index (χ4v) is 5.07. The Labute approximate surface area is 118 Å². The molecule has 2 aliphatic rings. The Morgan fingerprint density at radius 3 is 2.32 bits per heavy atom. The number of rotatable bonds is 1. The molecule has 1 N–H and O–H groups in total. The lowest BCUT2D eigenvalue weighted by Gasteiger charge is -2.54. The van der Waals surface area contributed by atoms with Crippen LogP contribution >= 0.6 is 0 Å². The van der Waals surface area contributed by atoms with Gasteiger partial charge in [-0.3, -0.25) is 0 Å². The summed E-state index contributed by atoms with van der Waals surface area (Å²) in [6, 6.07) is 2.57. The van der Waals surface area contributed by atoms with Crippen molar-refractivity contribution in [3.8, 4) is 6.07 Å². The van der Waals surface area contributed by atoms with E-state index in [2.05, 4.69) is 33.8 Å². The Morgan fingerprint density at radius 1 is 1.11 bits per heavy atom. The summed E-state index contributed by atoms with van der Waals surface area (Å²) in [4.78, 5) is 0. The molecule has 4 atom stereocenters. The zero-order valence-corrected chi connectivity index (χ0v) is 13.0. The van der Waals surface area contributed by atoms with Gasteiger partial charge in [0.1, 0.15) is 0 Å². The first-order valence-electron chi connectivity index (χ1n) is 7.86. The van der Waals surface area contributed by atoms with Crippen LogP contribution in [0, 0.1) is 34.0 Å². The summed E-state index contributed by atoms with van der Waals surface area (Å²) in [5, 5.41) is 21.2. The van der Waals surface area contributed by atoms with Gasteiger partial charge in [-0.25, -0.2) is 0 Å². The van der Waals surface area contributed by atoms with Crippen LogP contribution in [0.25, 0.3) is 0 Å². The summed E-state index contributed by atoms with van der Waals surface area (Å²) in [6.45, 7) is 8.94. The molecule has 19 heavy (non-hydrogen) atoms. The van der Waals surface area contributed by atoms with Crippen molar-refractivity contribution in [2.45, 2.75) is 78.2 Å². The molecule has 0 aromatic rings. The molecule has 0 saturated heterocycles. The van der Waals surface area contributed by atoms with Gasteiger partial charge in [0.2, 0.25) is 0 Å². The monoisotopic (exact) mass is 263 g/mol. The molecular weight excluding hydrogens is 234 g/mol. The van der Waals surface area contributed by atoms with E-state index in [-0.39, 0.29) is 5.41 Å². The van der Waals surface area contributed by atoms with Gasteiger partial charge in [0.15, 0.2) is 0 Å². The number of nitriles is 1. The summed E-state index contributed by atoms with van der Waals surface area (Å²) >= 11 is 0. The Kier molecular flexibility index (Phi) is 3.73. The van der Waals surface area contributed by atoms with E-state index in [1.54, 1.807) is 0 Å². The molecular formula is C17H29NO. The van der Waals surface area contributed by atoms with E-state index >= 15 is 0 Å².